The van der Waals surface area contributed by atoms with E-state index in [-0.39, 0.29) is 5.75 Å². The first-order valence-electron chi connectivity index (χ1n) is 6.48. The third-order valence-electron chi connectivity index (χ3n) is 3.10. The van der Waals surface area contributed by atoms with Crippen molar-refractivity contribution in [3.8, 4) is 0 Å². The molecule has 0 atom stereocenters. The fraction of sp³-hybridized carbons (Fsp3) is 0.267. The van der Waals surface area contributed by atoms with Gasteiger partial charge in [-0.25, -0.2) is 12.7 Å². The monoisotopic (exact) mass is 324 g/mol. The topological polar surface area (TPSA) is 50.3 Å². The van der Waals surface area contributed by atoms with Crippen LogP contribution in [0.2, 0.25) is 0 Å². The van der Waals surface area contributed by atoms with Crippen molar-refractivity contribution in [3.63, 3.8) is 0 Å². The van der Waals surface area contributed by atoms with Crippen LogP contribution in [0.1, 0.15) is 16.7 Å². The second kappa shape index (κ2) is 7.02. The number of benzene rings is 1. The van der Waals surface area contributed by atoms with E-state index in [9.17, 15) is 8.42 Å². The summed E-state index contributed by atoms with van der Waals surface area (Å²) in [7, 11) is -1.80. The molecule has 2 aromatic rings. The van der Waals surface area contributed by atoms with Gasteiger partial charge in [-0.15, -0.1) is 11.6 Å². The zero-order valence-electron chi connectivity index (χ0n) is 11.7. The summed E-state index contributed by atoms with van der Waals surface area (Å²) in [6.07, 6.45) is 3.33. The number of pyridine rings is 1. The maximum atomic E-state index is 12.4. The SMILES string of the molecule is CN(Cc1cccnc1)S(=O)(=O)Cc1cccc(CCl)c1. The molecule has 0 spiro atoms. The standard InChI is InChI=1S/C15H17ClN2O2S/c1-18(11-15-6-3-7-17-10-15)21(19,20)12-14-5-2-4-13(8-14)9-16/h2-8,10H,9,11-12H2,1H3. The van der Waals surface area contributed by atoms with Gasteiger partial charge in [0.25, 0.3) is 0 Å². The fourth-order valence-corrected chi connectivity index (χ4v) is 3.30. The zero-order chi connectivity index (χ0) is 15.3. The van der Waals surface area contributed by atoms with Gasteiger partial charge in [0.2, 0.25) is 10.0 Å². The second-order valence-corrected chi connectivity index (χ2v) is 7.17. The van der Waals surface area contributed by atoms with E-state index in [1.807, 2.05) is 24.3 Å². The van der Waals surface area contributed by atoms with Crippen molar-refractivity contribution in [3.05, 3.63) is 65.5 Å². The second-order valence-electron chi connectivity index (χ2n) is 4.83. The van der Waals surface area contributed by atoms with Crippen LogP contribution in [0.15, 0.2) is 48.8 Å². The summed E-state index contributed by atoms with van der Waals surface area (Å²) in [5.74, 6) is 0.341. The lowest BCUT2D eigenvalue weighted by atomic mass is 10.2. The number of nitrogens with zero attached hydrogens (tertiary/aromatic N) is 2. The fourth-order valence-electron chi connectivity index (χ4n) is 1.97. The number of aromatic nitrogens is 1. The first-order chi connectivity index (χ1) is 10.0. The predicted molar refractivity (Wildman–Crippen MR) is 84.3 cm³/mol. The van der Waals surface area contributed by atoms with Crippen LogP contribution in [0.4, 0.5) is 0 Å². The summed E-state index contributed by atoms with van der Waals surface area (Å²) in [6, 6.07) is 11.0. The van der Waals surface area contributed by atoms with Crippen molar-refractivity contribution in [2.45, 2.75) is 18.2 Å². The van der Waals surface area contributed by atoms with Crippen LogP contribution < -0.4 is 0 Å². The molecule has 0 unspecified atom stereocenters. The molecule has 0 aliphatic heterocycles. The van der Waals surface area contributed by atoms with Gasteiger partial charge in [-0.3, -0.25) is 4.98 Å². The number of hydrogen-bond acceptors (Lipinski definition) is 3. The Morgan fingerprint density at radius 1 is 1.14 bits per heavy atom. The van der Waals surface area contributed by atoms with E-state index in [4.69, 9.17) is 11.6 Å². The highest BCUT2D eigenvalue weighted by atomic mass is 35.5. The summed E-state index contributed by atoms with van der Waals surface area (Å²) in [5, 5.41) is 0. The highest BCUT2D eigenvalue weighted by Crippen LogP contribution is 2.14. The molecule has 0 amide bonds. The van der Waals surface area contributed by atoms with Crippen LogP contribution >= 0.6 is 11.6 Å². The van der Waals surface area contributed by atoms with Gasteiger partial charge >= 0.3 is 0 Å². The average Bonchev–Trinajstić information content (AvgIpc) is 2.48. The molecular formula is C15H17ClN2O2S. The molecule has 0 aliphatic carbocycles. The minimum atomic E-state index is -3.37. The molecule has 0 aliphatic rings. The maximum absolute atomic E-state index is 12.4. The Kier molecular flexibility index (Phi) is 5.33. The smallest absolute Gasteiger partial charge is 0.218 e. The van der Waals surface area contributed by atoms with E-state index in [1.54, 1.807) is 31.6 Å². The van der Waals surface area contributed by atoms with E-state index < -0.39 is 10.0 Å². The number of rotatable bonds is 6. The van der Waals surface area contributed by atoms with Gasteiger partial charge in [0.15, 0.2) is 0 Å². The van der Waals surface area contributed by atoms with E-state index in [0.717, 1.165) is 16.7 Å². The largest absolute Gasteiger partial charge is 0.264 e. The molecule has 1 heterocycles. The van der Waals surface area contributed by atoms with Gasteiger partial charge in [-0.1, -0.05) is 30.3 Å². The van der Waals surface area contributed by atoms with E-state index in [0.29, 0.717) is 12.4 Å². The molecule has 4 nitrogen and oxygen atoms in total. The van der Waals surface area contributed by atoms with Gasteiger partial charge in [0.05, 0.1) is 5.75 Å². The van der Waals surface area contributed by atoms with Crippen LogP contribution in [0.3, 0.4) is 0 Å². The Morgan fingerprint density at radius 2 is 1.86 bits per heavy atom. The highest BCUT2D eigenvalue weighted by molar-refractivity contribution is 7.88. The van der Waals surface area contributed by atoms with E-state index in [2.05, 4.69) is 4.98 Å². The van der Waals surface area contributed by atoms with Gasteiger partial charge in [0, 0.05) is 31.9 Å². The molecule has 0 bridgehead atoms. The average molecular weight is 325 g/mol. The molecule has 0 saturated carbocycles. The molecule has 1 aromatic carbocycles. The highest BCUT2D eigenvalue weighted by Gasteiger charge is 2.19. The van der Waals surface area contributed by atoms with Gasteiger partial charge < -0.3 is 0 Å². The van der Waals surface area contributed by atoms with Gasteiger partial charge in [-0.2, -0.15) is 0 Å². The van der Waals surface area contributed by atoms with Crippen LogP contribution in [0, 0.1) is 0 Å². The molecule has 21 heavy (non-hydrogen) atoms. The maximum Gasteiger partial charge on any atom is 0.218 e. The molecule has 2 rings (SSSR count). The molecule has 0 fully saturated rings. The van der Waals surface area contributed by atoms with Crippen molar-refractivity contribution >= 4 is 21.6 Å². The summed E-state index contributed by atoms with van der Waals surface area (Å²) in [6.45, 7) is 0.311. The normalized spacial score (nSPS) is 11.8. The lowest BCUT2D eigenvalue weighted by Crippen LogP contribution is -2.27. The minimum Gasteiger partial charge on any atom is -0.264 e. The quantitative estimate of drug-likeness (QED) is 0.768. The predicted octanol–water partition coefficient (Wildman–Crippen LogP) is 2.78. The lowest BCUT2D eigenvalue weighted by molar-refractivity contribution is 0.465. The summed E-state index contributed by atoms with van der Waals surface area (Å²) >= 11 is 5.77. The summed E-state index contributed by atoms with van der Waals surface area (Å²) in [5.41, 5.74) is 2.52. The van der Waals surface area contributed by atoms with E-state index >= 15 is 0 Å². The van der Waals surface area contributed by atoms with Crippen molar-refractivity contribution in [2.24, 2.45) is 0 Å². The van der Waals surface area contributed by atoms with Crippen LogP contribution in [-0.4, -0.2) is 24.8 Å². The number of halogens is 1. The number of alkyl halides is 1. The Bertz CT molecular complexity index is 690. The summed E-state index contributed by atoms with van der Waals surface area (Å²) < 4.78 is 26.1. The third kappa shape index (κ3) is 4.52. The first kappa shape index (κ1) is 15.9. The number of sulfonamides is 1. The van der Waals surface area contributed by atoms with E-state index in [1.165, 1.54) is 4.31 Å². The minimum absolute atomic E-state index is 0.0332. The third-order valence-corrected chi connectivity index (χ3v) is 5.18. The Balaban J connectivity index is 2.10. The van der Waals surface area contributed by atoms with Crippen molar-refractivity contribution < 1.29 is 8.42 Å². The molecule has 1 aromatic heterocycles. The number of hydrogen-bond donors (Lipinski definition) is 0. The Morgan fingerprint density at radius 3 is 2.52 bits per heavy atom. The first-order valence-corrected chi connectivity index (χ1v) is 8.62. The molecule has 0 saturated heterocycles. The Labute approximate surface area is 130 Å². The van der Waals surface area contributed by atoms with Crippen LogP contribution in [0.5, 0.6) is 0 Å². The Hall–Kier alpha value is -1.43. The van der Waals surface area contributed by atoms with Crippen LogP contribution in [-0.2, 0) is 28.2 Å². The van der Waals surface area contributed by atoms with Crippen molar-refractivity contribution in [1.29, 1.82) is 0 Å². The molecule has 0 radical (unpaired) electrons. The summed E-state index contributed by atoms with van der Waals surface area (Å²) in [4.78, 5) is 3.99. The van der Waals surface area contributed by atoms with Crippen LogP contribution in [0.25, 0.3) is 0 Å². The van der Waals surface area contributed by atoms with Crippen molar-refractivity contribution in [1.82, 2.24) is 9.29 Å². The zero-order valence-corrected chi connectivity index (χ0v) is 13.3. The molecule has 6 heteroatoms. The molecule has 112 valence electrons. The molecular weight excluding hydrogens is 308 g/mol. The van der Waals surface area contributed by atoms with Crippen molar-refractivity contribution in [2.75, 3.05) is 7.05 Å². The molecule has 0 N–H and O–H groups in total. The lowest BCUT2D eigenvalue weighted by Gasteiger charge is -2.17. The van der Waals surface area contributed by atoms with Gasteiger partial charge in [0.1, 0.15) is 0 Å². The van der Waals surface area contributed by atoms with Gasteiger partial charge in [-0.05, 0) is 22.8 Å².